The van der Waals surface area contributed by atoms with E-state index in [-0.39, 0.29) is 17.3 Å². The molecule has 0 saturated carbocycles. The Morgan fingerprint density at radius 3 is 2.70 bits per heavy atom. The summed E-state index contributed by atoms with van der Waals surface area (Å²) in [5, 5.41) is 3.01. The third-order valence-electron chi connectivity index (χ3n) is 2.63. The lowest BCUT2D eigenvalue weighted by Gasteiger charge is -2.09. The van der Waals surface area contributed by atoms with E-state index in [2.05, 4.69) is 10.3 Å². The summed E-state index contributed by atoms with van der Waals surface area (Å²) in [6.45, 7) is 1.75. The summed E-state index contributed by atoms with van der Waals surface area (Å²) in [5.41, 5.74) is 1.20. The van der Waals surface area contributed by atoms with Crippen LogP contribution >= 0.6 is 23.2 Å². The van der Waals surface area contributed by atoms with Crippen LogP contribution in [0.4, 0.5) is 10.1 Å². The molecule has 3 nitrogen and oxygen atoms in total. The van der Waals surface area contributed by atoms with Crippen molar-refractivity contribution in [1.82, 2.24) is 4.98 Å². The van der Waals surface area contributed by atoms with Crippen LogP contribution in [-0.4, -0.2) is 10.9 Å². The Bertz CT molecular complexity index is 638. The first-order valence-corrected chi connectivity index (χ1v) is 6.59. The molecule has 0 spiro atoms. The Kier molecular flexibility index (Phi) is 4.57. The number of para-hydroxylation sites is 1. The molecule has 6 heteroatoms. The summed E-state index contributed by atoms with van der Waals surface area (Å²) in [6, 6.07) is 7.54. The molecule has 0 aliphatic heterocycles. The van der Waals surface area contributed by atoms with Crippen molar-refractivity contribution in [3.8, 4) is 0 Å². The number of benzene rings is 1. The Morgan fingerprint density at radius 1 is 1.35 bits per heavy atom. The van der Waals surface area contributed by atoms with E-state index in [1.54, 1.807) is 25.1 Å². The number of anilines is 1. The summed E-state index contributed by atoms with van der Waals surface area (Å²) in [4.78, 5) is 15.9. The van der Waals surface area contributed by atoms with Crippen molar-refractivity contribution >= 4 is 34.8 Å². The number of aromatic nitrogens is 1. The van der Waals surface area contributed by atoms with Crippen LogP contribution in [0.25, 0.3) is 0 Å². The van der Waals surface area contributed by atoms with Gasteiger partial charge in [0.2, 0.25) is 5.91 Å². The lowest BCUT2D eigenvalue weighted by atomic mass is 10.2. The maximum absolute atomic E-state index is 13.4. The number of rotatable bonds is 3. The molecule has 0 radical (unpaired) electrons. The molecule has 104 valence electrons. The number of hydrogen-bond donors (Lipinski definition) is 1. The first kappa shape index (κ1) is 14.8. The van der Waals surface area contributed by atoms with E-state index >= 15 is 0 Å². The van der Waals surface area contributed by atoms with Gasteiger partial charge in [-0.3, -0.25) is 4.79 Å². The molecule has 0 unspecified atom stereocenters. The summed E-state index contributed by atoms with van der Waals surface area (Å²) in [7, 11) is 0. The van der Waals surface area contributed by atoms with Crippen LogP contribution in [0.15, 0.2) is 30.3 Å². The minimum absolute atomic E-state index is 0.0702. The summed E-state index contributed by atoms with van der Waals surface area (Å²) in [5.74, 6) is -0.912. The highest BCUT2D eigenvalue weighted by Gasteiger charge is 2.14. The second-order valence-corrected chi connectivity index (χ2v) is 4.98. The number of pyridine rings is 1. The second kappa shape index (κ2) is 6.20. The fourth-order valence-corrected chi connectivity index (χ4v) is 2.36. The standard InChI is InChI=1S/C14H11Cl2FN2O/c1-8-6-10(15)9(14(16)18-8)7-13(20)19-12-5-3-2-4-11(12)17/h2-6H,7H2,1H3,(H,19,20). The van der Waals surface area contributed by atoms with Crippen molar-refractivity contribution in [3.05, 3.63) is 57.6 Å². The van der Waals surface area contributed by atoms with Gasteiger partial charge in [0.25, 0.3) is 0 Å². The van der Waals surface area contributed by atoms with E-state index in [1.165, 1.54) is 12.1 Å². The minimum Gasteiger partial charge on any atom is -0.323 e. The molecule has 0 bridgehead atoms. The van der Waals surface area contributed by atoms with Crippen molar-refractivity contribution in [2.75, 3.05) is 5.32 Å². The molecule has 1 heterocycles. The third kappa shape index (κ3) is 3.46. The maximum atomic E-state index is 13.4. The quantitative estimate of drug-likeness (QED) is 0.870. The molecule has 0 atom stereocenters. The molecule has 2 aromatic rings. The van der Waals surface area contributed by atoms with Gasteiger partial charge in [-0.1, -0.05) is 35.3 Å². The van der Waals surface area contributed by atoms with Gasteiger partial charge in [0.1, 0.15) is 11.0 Å². The zero-order valence-electron chi connectivity index (χ0n) is 10.6. The van der Waals surface area contributed by atoms with Gasteiger partial charge in [-0.2, -0.15) is 0 Å². The zero-order chi connectivity index (χ0) is 14.7. The highest BCUT2D eigenvalue weighted by atomic mass is 35.5. The topological polar surface area (TPSA) is 42.0 Å². The average molecular weight is 313 g/mol. The van der Waals surface area contributed by atoms with Gasteiger partial charge < -0.3 is 5.32 Å². The van der Waals surface area contributed by atoms with Crippen LogP contribution in [0.3, 0.4) is 0 Å². The number of amides is 1. The largest absolute Gasteiger partial charge is 0.323 e. The van der Waals surface area contributed by atoms with Crippen LogP contribution in [0.2, 0.25) is 10.2 Å². The predicted molar refractivity (Wildman–Crippen MR) is 77.7 cm³/mol. The Hall–Kier alpha value is -1.65. The second-order valence-electron chi connectivity index (χ2n) is 4.22. The molecule has 0 aliphatic carbocycles. The zero-order valence-corrected chi connectivity index (χ0v) is 12.1. The van der Waals surface area contributed by atoms with E-state index in [0.717, 1.165) is 0 Å². The Balaban J connectivity index is 2.15. The number of carbonyl (C=O) groups excluding carboxylic acids is 1. The number of halogens is 3. The molecule has 1 N–H and O–H groups in total. The van der Waals surface area contributed by atoms with Crippen LogP contribution in [0.5, 0.6) is 0 Å². The van der Waals surface area contributed by atoms with Crippen LogP contribution in [-0.2, 0) is 11.2 Å². The number of hydrogen-bond acceptors (Lipinski definition) is 2. The fourth-order valence-electron chi connectivity index (χ4n) is 1.70. The van der Waals surface area contributed by atoms with Crippen molar-refractivity contribution in [2.24, 2.45) is 0 Å². The fraction of sp³-hybridized carbons (Fsp3) is 0.143. The van der Waals surface area contributed by atoms with Gasteiger partial charge in [0.15, 0.2) is 0 Å². The smallest absolute Gasteiger partial charge is 0.229 e. The number of nitrogens with one attached hydrogen (secondary N) is 1. The summed E-state index contributed by atoms with van der Waals surface area (Å²) < 4.78 is 13.4. The minimum atomic E-state index is -0.500. The Morgan fingerprint density at radius 2 is 2.05 bits per heavy atom. The van der Waals surface area contributed by atoms with Crippen LogP contribution in [0.1, 0.15) is 11.3 Å². The van der Waals surface area contributed by atoms with E-state index in [9.17, 15) is 9.18 Å². The van der Waals surface area contributed by atoms with Gasteiger partial charge >= 0.3 is 0 Å². The van der Waals surface area contributed by atoms with Gasteiger partial charge in [0.05, 0.1) is 12.1 Å². The van der Waals surface area contributed by atoms with Gasteiger partial charge in [-0.05, 0) is 25.1 Å². The van der Waals surface area contributed by atoms with Crippen molar-refractivity contribution in [1.29, 1.82) is 0 Å². The highest BCUT2D eigenvalue weighted by Crippen LogP contribution is 2.24. The SMILES string of the molecule is Cc1cc(Cl)c(CC(=O)Nc2ccccc2F)c(Cl)n1. The molecular formula is C14H11Cl2FN2O. The molecular weight excluding hydrogens is 302 g/mol. The molecule has 1 amide bonds. The Labute approximate surface area is 125 Å². The predicted octanol–water partition coefficient (Wildman–Crippen LogP) is 4.02. The summed E-state index contributed by atoms with van der Waals surface area (Å²) >= 11 is 12.0. The van der Waals surface area contributed by atoms with Gasteiger partial charge in [0, 0.05) is 16.3 Å². The lowest BCUT2D eigenvalue weighted by Crippen LogP contribution is -2.16. The molecule has 2 rings (SSSR count). The van der Waals surface area contributed by atoms with Crippen molar-refractivity contribution in [2.45, 2.75) is 13.3 Å². The van der Waals surface area contributed by atoms with Crippen LogP contribution < -0.4 is 5.32 Å². The first-order chi connectivity index (χ1) is 9.47. The summed E-state index contributed by atoms with van der Waals surface area (Å²) in [6.07, 6.45) is -0.0702. The van der Waals surface area contributed by atoms with E-state index < -0.39 is 11.7 Å². The van der Waals surface area contributed by atoms with E-state index in [0.29, 0.717) is 16.3 Å². The average Bonchev–Trinajstić information content (AvgIpc) is 2.36. The lowest BCUT2D eigenvalue weighted by molar-refractivity contribution is -0.115. The molecule has 0 saturated heterocycles. The number of carbonyl (C=O) groups is 1. The van der Waals surface area contributed by atoms with E-state index in [4.69, 9.17) is 23.2 Å². The molecule has 0 fully saturated rings. The third-order valence-corrected chi connectivity index (χ3v) is 3.28. The maximum Gasteiger partial charge on any atom is 0.229 e. The first-order valence-electron chi connectivity index (χ1n) is 5.83. The van der Waals surface area contributed by atoms with Crippen molar-refractivity contribution in [3.63, 3.8) is 0 Å². The van der Waals surface area contributed by atoms with Gasteiger partial charge in [-0.15, -0.1) is 0 Å². The highest BCUT2D eigenvalue weighted by molar-refractivity contribution is 6.35. The van der Waals surface area contributed by atoms with Crippen molar-refractivity contribution < 1.29 is 9.18 Å². The molecule has 1 aromatic heterocycles. The van der Waals surface area contributed by atoms with E-state index in [1.807, 2.05) is 0 Å². The normalized spacial score (nSPS) is 10.4. The molecule has 0 aliphatic rings. The number of nitrogens with zero attached hydrogens (tertiary/aromatic N) is 1. The number of aryl methyl sites for hydroxylation is 1. The monoisotopic (exact) mass is 312 g/mol. The molecule has 20 heavy (non-hydrogen) atoms. The van der Waals surface area contributed by atoms with Gasteiger partial charge in [-0.25, -0.2) is 9.37 Å². The van der Waals surface area contributed by atoms with Crippen LogP contribution in [0, 0.1) is 12.7 Å². The molecule has 1 aromatic carbocycles.